The van der Waals surface area contributed by atoms with Crippen molar-refractivity contribution in [2.75, 3.05) is 39.9 Å². The Labute approximate surface area is 150 Å². The van der Waals surface area contributed by atoms with Gasteiger partial charge < -0.3 is 19.7 Å². The first-order chi connectivity index (χ1) is 12.2. The summed E-state index contributed by atoms with van der Waals surface area (Å²) in [6.07, 6.45) is 6.04. The van der Waals surface area contributed by atoms with Crippen LogP contribution in [-0.4, -0.2) is 50.7 Å². The Bertz CT molecular complexity index is 613. The lowest BCUT2D eigenvalue weighted by Gasteiger charge is -2.38. The molecule has 0 saturated carbocycles. The Morgan fingerprint density at radius 2 is 2.12 bits per heavy atom. The molecule has 5 nitrogen and oxygen atoms in total. The highest BCUT2D eigenvalue weighted by atomic mass is 16.5. The zero-order valence-corrected chi connectivity index (χ0v) is 15.1. The maximum atomic E-state index is 12.5. The van der Waals surface area contributed by atoms with Gasteiger partial charge >= 0.3 is 0 Å². The van der Waals surface area contributed by atoms with Crippen LogP contribution in [-0.2, 0) is 11.2 Å². The Hall–Kier alpha value is -2.01. The highest BCUT2D eigenvalue weighted by molar-refractivity contribution is 5.78. The minimum absolute atomic E-state index is 0.0537. The lowest BCUT2D eigenvalue weighted by atomic mass is 9.78. The number of allylic oxidation sites excluding steroid dienone is 1. The van der Waals surface area contributed by atoms with Crippen LogP contribution in [0.25, 0.3) is 0 Å². The Morgan fingerprint density at radius 3 is 2.76 bits per heavy atom. The van der Waals surface area contributed by atoms with E-state index in [0.717, 1.165) is 51.0 Å². The van der Waals surface area contributed by atoms with Crippen molar-refractivity contribution in [3.8, 4) is 11.5 Å². The SMILES string of the molecule is C=CCc1ccc(OCC(=O)N2CCC3(CCNC3)CC2)c(OC)c1. The van der Waals surface area contributed by atoms with E-state index in [1.165, 1.54) is 6.42 Å². The third-order valence-electron chi connectivity index (χ3n) is 5.47. The van der Waals surface area contributed by atoms with Crippen molar-refractivity contribution in [1.82, 2.24) is 10.2 Å². The van der Waals surface area contributed by atoms with E-state index in [2.05, 4.69) is 11.9 Å². The second-order valence-electron chi connectivity index (χ2n) is 7.07. The minimum Gasteiger partial charge on any atom is -0.493 e. The van der Waals surface area contributed by atoms with E-state index in [0.29, 0.717) is 16.9 Å². The Balaban J connectivity index is 1.53. The summed E-state index contributed by atoms with van der Waals surface area (Å²) in [6.45, 7) is 7.68. The van der Waals surface area contributed by atoms with E-state index in [1.54, 1.807) is 7.11 Å². The van der Waals surface area contributed by atoms with Crippen molar-refractivity contribution in [3.63, 3.8) is 0 Å². The van der Waals surface area contributed by atoms with Gasteiger partial charge in [-0.05, 0) is 55.3 Å². The van der Waals surface area contributed by atoms with Gasteiger partial charge in [-0.1, -0.05) is 12.1 Å². The van der Waals surface area contributed by atoms with Crippen LogP contribution >= 0.6 is 0 Å². The predicted molar refractivity (Wildman–Crippen MR) is 98.1 cm³/mol. The highest BCUT2D eigenvalue weighted by Gasteiger charge is 2.38. The van der Waals surface area contributed by atoms with Gasteiger partial charge in [0.1, 0.15) is 0 Å². The first-order valence-electron chi connectivity index (χ1n) is 9.05. The third-order valence-corrected chi connectivity index (χ3v) is 5.47. The van der Waals surface area contributed by atoms with Crippen molar-refractivity contribution < 1.29 is 14.3 Å². The molecule has 2 saturated heterocycles. The molecular weight excluding hydrogens is 316 g/mol. The normalized spacial score (nSPS) is 19.0. The number of hydrogen-bond acceptors (Lipinski definition) is 4. The molecule has 2 aliphatic rings. The number of likely N-dealkylation sites (tertiary alicyclic amines) is 1. The van der Waals surface area contributed by atoms with Crippen molar-refractivity contribution in [1.29, 1.82) is 0 Å². The minimum atomic E-state index is 0.0537. The summed E-state index contributed by atoms with van der Waals surface area (Å²) < 4.78 is 11.1. The van der Waals surface area contributed by atoms with Crippen LogP contribution in [0, 0.1) is 5.41 Å². The molecular formula is C20H28N2O3. The van der Waals surface area contributed by atoms with Gasteiger partial charge in [0.15, 0.2) is 18.1 Å². The van der Waals surface area contributed by atoms with E-state index in [1.807, 2.05) is 29.2 Å². The number of nitrogens with one attached hydrogen (secondary N) is 1. The van der Waals surface area contributed by atoms with Gasteiger partial charge in [-0.15, -0.1) is 6.58 Å². The van der Waals surface area contributed by atoms with Crippen molar-refractivity contribution in [3.05, 3.63) is 36.4 Å². The molecule has 2 fully saturated rings. The smallest absolute Gasteiger partial charge is 0.260 e. The molecule has 0 bridgehead atoms. The fraction of sp³-hybridized carbons (Fsp3) is 0.550. The summed E-state index contributed by atoms with van der Waals surface area (Å²) in [4.78, 5) is 14.4. The number of carbonyl (C=O) groups is 1. The summed E-state index contributed by atoms with van der Waals surface area (Å²) >= 11 is 0. The number of amides is 1. The molecule has 2 heterocycles. The summed E-state index contributed by atoms with van der Waals surface area (Å²) in [6, 6.07) is 5.77. The number of hydrogen-bond donors (Lipinski definition) is 1. The molecule has 136 valence electrons. The van der Waals surface area contributed by atoms with Crippen molar-refractivity contribution in [2.24, 2.45) is 5.41 Å². The van der Waals surface area contributed by atoms with Crippen LogP contribution in [0.15, 0.2) is 30.9 Å². The number of methoxy groups -OCH3 is 1. The van der Waals surface area contributed by atoms with Crippen LogP contribution in [0.1, 0.15) is 24.8 Å². The largest absolute Gasteiger partial charge is 0.493 e. The summed E-state index contributed by atoms with van der Waals surface area (Å²) in [5, 5.41) is 3.45. The lowest BCUT2D eigenvalue weighted by Crippen LogP contribution is -2.45. The molecule has 0 unspecified atom stereocenters. The van der Waals surface area contributed by atoms with Gasteiger partial charge in [-0.25, -0.2) is 0 Å². The maximum Gasteiger partial charge on any atom is 0.260 e. The summed E-state index contributed by atoms with van der Waals surface area (Å²) in [7, 11) is 1.61. The van der Waals surface area contributed by atoms with E-state index in [-0.39, 0.29) is 12.5 Å². The highest BCUT2D eigenvalue weighted by Crippen LogP contribution is 2.37. The molecule has 3 rings (SSSR count). The molecule has 1 N–H and O–H groups in total. The lowest BCUT2D eigenvalue weighted by molar-refractivity contribution is -0.135. The van der Waals surface area contributed by atoms with Crippen LogP contribution < -0.4 is 14.8 Å². The molecule has 1 spiro atoms. The number of rotatable bonds is 6. The topological polar surface area (TPSA) is 50.8 Å². The Kier molecular flexibility index (Phi) is 5.63. The molecule has 1 aromatic rings. The van der Waals surface area contributed by atoms with Gasteiger partial charge in [-0.2, -0.15) is 0 Å². The maximum absolute atomic E-state index is 12.5. The molecule has 0 atom stereocenters. The zero-order chi connectivity index (χ0) is 17.7. The zero-order valence-electron chi connectivity index (χ0n) is 15.1. The number of piperidine rings is 1. The monoisotopic (exact) mass is 344 g/mol. The first kappa shape index (κ1) is 17.8. The van der Waals surface area contributed by atoms with E-state index in [4.69, 9.17) is 9.47 Å². The second-order valence-corrected chi connectivity index (χ2v) is 7.07. The Morgan fingerprint density at radius 1 is 1.32 bits per heavy atom. The fourth-order valence-electron chi connectivity index (χ4n) is 3.81. The quantitative estimate of drug-likeness (QED) is 0.805. The van der Waals surface area contributed by atoms with Crippen molar-refractivity contribution in [2.45, 2.75) is 25.7 Å². The molecule has 2 aliphatic heterocycles. The number of nitrogens with zero attached hydrogens (tertiary/aromatic N) is 1. The average molecular weight is 344 g/mol. The molecule has 25 heavy (non-hydrogen) atoms. The predicted octanol–water partition coefficient (Wildman–Crippen LogP) is 2.40. The van der Waals surface area contributed by atoms with Crippen LogP contribution in [0.5, 0.6) is 11.5 Å². The van der Waals surface area contributed by atoms with Gasteiger partial charge in [0.25, 0.3) is 5.91 Å². The van der Waals surface area contributed by atoms with Gasteiger partial charge in [0.2, 0.25) is 0 Å². The van der Waals surface area contributed by atoms with E-state index >= 15 is 0 Å². The number of carbonyl (C=O) groups excluding carboxylic acids is 1. The third kappa shape index (κ3) is 4.15. The van der Waals surface area contributed by atoms with Gasteiger partial charge in [0.05, 0.1) is 7.11 Å². The van der Waals surface area contributed by atoms with Gasteiger partial charge in [0, 0.05) is 19.6 Å². The second kappa shape index (κ2) is 7.91. The molecule has 5 heteroatoms. The van der Waals surface area contributed by atoms with Crippen LogP contribution in [0.2, 0.25) is 0 Å². The number of ether oxygens (including phenoxy) is 2. The fourth-order valence-corrected chi connectivity index (χ4v) is 3.81. The first-order valence-corrected chi connectivity index (χ1v) is 9.05. The van der Waals surface area contributed by atoms with E-state index in [9.17, 15) is 4.79 Å². The molecule has 1 aromatic carbocycles. The molecule has 1 amide bonds. The molecule has 0 aromatic heterocycles. The average Bonchev–Trinajstić information content (AvgIpc) is 3.09. The molecule has 0 radical (unpaired) electrons. The number of benzene rings is 1. The van der Waals surface area contributed by atoms with Gasteiger partial charge in [-0.3, -0.25) is 4.79 Å². The standard InChI is InChI=1S/C20H28N2O3/c1-3-4-16-5-6-17(18(13-16)24-2)25-14-19(23)22-11-8-20(9-12-22)7-10-21-15-20/h3,5-6,13,21H,1,4,7-12,14-15H2,2H3. The summed E-state index contributed by atoms with van der Waals surface area (Å²) in [5.74, 6) is 1.32. The van der Waals surface area contributed by atoms with Crippen molar-refractivity contribution >= 4 is 5.91 Å². The van der Waals surface area contributed by atoms with Crippen LogP contribution in [0.4, 0.5) is 0 Å². The molecule has 0 aliphatic carbocycles. The van der Waals surface area contributed by atoms with E-state index < -0.39 is 0 Å². The van der Waals surface area contributed by atoms with Crippen LogP contribution in [0.3, 0.4) is 0 Å². The summed E-state index contributed by atoms with van der Waals surface area (Å²) in [5.41, 5.74) is 1.53.